The summed E-state index contributed by atoms with van der Waals surface area (Å²) in [4.78, 5) is 0. The summed E-state index contributed by atoms with van der Waals surface area (Å²) in [7, 11) is 0. The van der Waals surface area contributed by atoms with Gasteiger partial charge in [0.05, 0.1) is 11.1 Å². The average molecular weight is 403 g/mol. The zero-order chi connectivity index (χ0) is 14.5. The molecule has 0 aromatic heterocycles. The van der Waals surface area contributed by atoms with Crippen LogP contribution in [-0.4, -0.2) is 19.2 Å². The van der Waals surface area contributed by atoms with Gasteiger partial charge in [0.15, 0.2) is 0 Å². The van der Waals surface area contributed by atoms with E-state index in [1.165, 1.54) is 18.4 Å². The van der Waals surface area contributed by atoms with Gasteiger partial charge >= 0.3 is 0 Å². The molecule has 0 saturated heterocycles. The number of rotatable bonds is 7. The molecule has 0 spiro atoms. The lowest BCUT2D eigenvalue weighted by molar-refractivity contribution is 0.337. The topological polar surface area (TPSA) is 21.3 Å². The summed E-state index contributed by atoms with van der Waals surface area (Å²) >= 11 is 7.14. The highest BCUT2D eigenvalue weighted by Gasteiger charge is 2.20. The van der Waals surface area contributed by atoms with Gasteiger partial charge in [-0.25, -0.2) is 0 Å². The Morgan fingerprint density at radius 2 is 2.10 bits per heavy atom. The molecule has 1 aromatic rings. The minimum atomic E-state index is 0.669. The minimum absolute atomic E-state index is 0.669. The zero-order valence-corrected chi connectivity index (χ0v) is 15.2. The van der Waals surface area contributed by atoms with Crippen LogP contribution in [0.4, 0.5) is 0 Å². The van der Waals surface area contributed by atoms with Crippen LogP contribution < -0.4 is 10.1 Å². The smallest absolute Gasteiger partial charge is 0.140 e. The van der Waals surface area contributed by atoms with Crippen LogP contribution in [0, 0.1) is 0 Å². The van der Waals surface area contributed by atoms with E-state index in [9.17, 15) is 0 Å². The number of benzene rings is 1. The quantitative estimate of drug-likeness (QED) is 0.680. The summed E-state index contributed by atoms with van der Waals surface area (Å²) in [6.45, 7) is 5.85. The Labute approximate surface area is 138 Å². The Morgan fingerprint density at radius 3 is 2.70 bits per heavy atom. The molecule has 1 aliphatic rings. The third-order valence-corrected chi connectivity index (χ3v) is 4.38. The van der Waals surface area contributed by atoms with E-state index >= 15 is 0 Å². The van der Waals surface area contributed by atoms with E-state index in [0.29, 0.717) is 6.61 Å². The maximum atomic E-state index is 5.77. The van der Waals surface area contributed by atoms with E-state index in [-0.39, 0.29) is 0 Å². The van der Waals surface area contributed by atoms with Gasteiger partial charge in [-0.1, -0.05) is 34.5 Å². The van der Waals surface area contributed by atoms with Crippen molar-refractivity contribution in [1.29, 1.82) is 0 Å². The molecular weight excluding hydrogens is 382 g/mol. The molecule has 1 N–H and O–H groups in total. The first-order valence-corrected chi connectivity index (χ1v) is 8.77. The Hall–Kier alpha value is -0.320. The molecule has 1 aromatic carbocycles. The van der Waals surface area contributed by atoms with Crippen molar-refractivity contribution in [1.82, 2.24) is 5.32 Å². The molecular formula is C16H21Br2NO. The van der Waals surface area contributed by atoms with E-state index in [1.54, 1.807) is 0 Å². The normalized spacial score (nSPS) is 15.5. The molecule has 0 amide bonds. The molecule has 1 aliphatic carbocycles. The van der Waals surface area contributed by atoms with Crippen LogP contribution in [0.15, 0.2) is 26.7 Å². The van der Waals surface area contributed by atoms with Crippen LogP contribution in [0.2, 0.25) is 0 Å². The maximum absolute atomic E-state index is 5.77. The van der Waals surface area contributed by atoms with Gasteiger partial charge in [-0.2, -0.15) is 0 Å². The zero-order valence-electron chi connectivity index (χ0n) is 12.0. The number of halogens is 2. The summed E-state index contributed by atoms with van der Waals surface area (Å²) in [5.74, 6) is 0.924. The molecule has 0 radical (unpaired) electrons. The number of hydrogen-bond donors (Lipinski definition) is 1. The highest BCUT2D eigenvalue weighted by atomic mass is 79.9. The van der Waals surface area contributed by atoms with Gasteiger partial charge in [-0.05, 0) is 54.2 Å². The predicted octanol–water partition coefficient (Wildman–Crippen LogP) is 5.16. The summed E-state index contributed by atoms with van der Waals surface area (Å²) in [5, 5.41) is 3.58. The average Bonchev–Trinajstić information content (AvgIpc) is 3.22. The lowest BCUT2D eigenvalue weighted by Gasteiger charge is -2.12. The van der Waals surface area contributed by atoms with Gasteiger partial charge in [-0.3, -0.25) is 0 Å². The van der Waals surface area contributed by atoms with Crippen LogP contribution in [0.1, 0.15) is 38.7 Å². The standard InChI is InChI=1S/C16H21Br2NO/c1-3-11(10-19-14-5-6-14)7-12-8-13(17)9-15(18)16(12)20-4-2/h7-9,14,19H,3-6,10H2,1-2H3. The molecule has 0 aliphatic heterocycles. The number of nitrogens with one attached hydrogen (secondary N) is 1. The minimum Gasteiger partial charge on any atom is -0.492 e. The van der Waals surface area contributed by atoms with Gasteiger partial charge in [-0.15, -0.1) is 0 Å². The molecule has 0 bridgehead atoms. The molecule has 2 rings (SSSR count). The van der Waals surface area contributed by atoms with E-state index in [0.717, 1.165) is 39.3 Å². The largest absolute Gasteiger partial charge is 0.492 e. The molecule has 20 heavy (non-hydrogen) atoms. The third-order valence-electron chi connectivity index (χ3n) is 3.33. The molecule has 2 nitrogen and oxygen atoms in total. The fourth-order valence-electron chi connectivity index (χ4n) is 2.04. The molecule has 0 atom stereocenters. The van der Waals surface area contributed by atoms with E-state index in [2.05, 4.69) is 56.2 Å². The third kappa shape index (κ3) is 4.61. The van der Waals surface area contributed by atoms with Gasteiger partial charge in [0, 0.05) is 22.6 Å². The van der Waals surface area contributed by atoms with Crippen molar-refractivity contribution in [3.05, 3.63) is 32.2 Å². The molecule has 0 unspecified atom stereocenters. The second-order valence-corrected chi connectivity index (χ2v) is 6.82. The fraction of sp³-hybridized carbons (Fsp3) is 0.500. The lowest BCUT2D eigenvalue weighted by atomic mass is 10.1. The number of hydrogen-bond acceptors (Lipinski definition) is 2. The maximum Gasteiger partial charge on any atom is 0.140 e. The lowest BCUT2D eigenvalue weighted by Crippen LogP contribution is -2.18. The highest BCUT2D eigenvalue weighted by Crippen LogP contribution is 2.34. The Bertz CT molecular complexity index is 495. The Kier molecular flexibility index (Phi) is 6.12. The first-order chi connectivity index (χ1) is 9.63. The first-order valence-electron chi connectivity index (χ1n) is 7.18. The second-order valence-electron chi connectivity index (χ2n) is 5.05. The van der Waals surface area contributed by atoms with E-state index < -0.39 is 0 Å². The van der Waals surface area contributed by atoms with Crippen LogP contribution in [-0.2, 0) is 0 Å². The summed E-state index contributed by atoms with van der Waals surface area (Å²) in [6, 6.07) is 4.88. The monoisotopic (exact) mass is 401 g/mol. The van der Waals surface area contributed by atoms with Crippen LogP contribution in [0.5, 0.6) is 5.75 Å². The van der Waals surface area contributed by atoms with Crippen molar-refractivity contribution < 1.29 is 4.74 Å². The van der Waals surface area contributed by atoms with Gasteiger partial charge < -0.3 is 10.1 Å². The van der Waals surface area contributed by atoms with Crippen LogP contribution in [0.3, 0.4) is 0 Å². The van der Waals surface area contributed by atoms with Crippen molar-refractivity contribution in [3.8, 4) is 5.75 Å². The van der Waals surface area contributed by atoms with Crippen molar-refractivity contribution in [2.24, 2.45) is 0 Å². The van der Waals surface area contributed by atoms with Gasteiger partial charge in [0.25, 0.3) is 0 Å². The van der Waals surface area contributed by atoms with Crippen molar-refractivity contribution >= 4 is 37.9 Å². The first kappa shape index (κ1) is 16.1. The fourth-order valence-corrected chi connectivity index (χ4v) is 3.42. The number of ether oxygens (including phenoxy) is 1. The molecule has 1 fully saturated rings. The van der Waals surface area contributed by atoms with Crippen LogP contribution in [0.25, 0.3) is 6.08 Å². The molecule has 0 heterocycles. The SMILES string of the molecule is CCOc1c(Br)cc(Br)cc1C=C(CC)CNC1CC1. The summed E-state index contributed by atoms with van der Waals surface area (Å²) < 4.78 is 7.82. The van der Waals surface area contributed by atoms with E-state index in [1.807, 2.05) is 13.0 Å². The van der Waals surface area contributed by atoms with E-state index in [4.69, 9.17) is 4.74 Å². The summed E-state index contributed by atoms with van der Waals surface area (Å²) in [6.07, 6.45) is 5.94. The van der Waals surface area contributed by atoms with Gasteiger partial charge in [0.2, 0.25) is 0 Å². The van der Waals surface area contributed by atoms with Crippen molar-refractivity contribution in [3.63, 3.8) is 0 Å². The molecule has 110 valence electrons. The van der Waals surface area contributed by atoms with Crippen molar-refractivity contribution in [2.75, 3.05) is 13.2 Å². The van der Waals surface area contributed by atoms with Crippen LogP contribution >= 0.6 is 31.9 Å². The van der Waals surface area contributed by atoms with Gasteiger partial charge in [0.1, 0.15) is 5.75 Å². The summed E-state index contributed by atoms with van der Waals surface area (Å²) in [5.41, 5.74) is 2.53. The molecule has 1 saturated carbocycles. The Balaban J connectivity index is 2.23. The Morgan fingerprint density at radius 1 is 1.35 bits per heavy atom. The predicted molar refractivity (Wildman–Crippen MR) is 92.3 cm³/mol. The molecule has 4 heteroatoms. The van der Waals surface area contributed by atoms with Crippen molar-refractivity contribution in [2.45, 2.75) is 39.2 Å². The second kappa shape index (κ2) is 7.62. The highest BCUT2D eigenvalue weighted by molar-refractivity contribution is 9.11.